The van der Waals surface area contributed by atoms with E-state index in [1.54, 1.807) is 33.3 Å². The van der Waals surface area contributed by atoms with Crippen molar-refractivity contribution in [2.24, 2.45) is 5.73 Å². The molecule has 0 radical (unpaired) electrons. The van der Waals surface area contributed by atoms with E-state index in [1.165, 1.54) is 0 Å². The average molecular weight is 268 g/mol. The number of carbonyl (C=O) groups is 1. The summed E-state index contributed by atoms with van der Waals surface area (Å²) in [6.45, 7) is 0.410. The van der Waals surface area contributed by atoms with E-state index >= 15 is 0 Å². The first-order valence-electron chi connectivity index (χ1n) is 5.80. The van der Waals surface area contributed by atoms with Crippen LogP contribution in [0.25, 0.3) is 0 Å². The molecule has 106 valence electrons. The molecule has 0 unspecified atom stereocenters. The predicted molar refractivity (Wildman–Crippen MR) is 71.6 cm³/mol. The van der Waals surface area contributed by atoms with Crippen LogP contribution in [0.5, 0.6) is 17.2 Å². The first kappa shape index (κ1) is 15.1. The third-order valence-corrected chi connectivity index (χ3v) is 2.74. The molecule has 1 aromatic rings. The van der Waals surface area contributed by atoms with Gasteiger partial charge in [-0.25, -0.2) is 0 Å². The van der Waals surface area contributed by atoms with Crippen molar-refractivity contribution in [2.75, 3.05) is 34.9 Å². The van der Waals surface area contributed by atoms with Crippen LogP contribution < -0.4 is 19.9 Å². The Morgan fingerprint density at radius 2 is 1.68 bits per heavy atom. The Labute approximate surface area is 113 Å². The van der Waals surface area contributed by atoms with Crippen molar-refractivity contribution >= 4 is 5.91 Å². The number of carbonyl (C=O) groups excluding carboxylic acids is 1. The van der Waals surface area contributed by atoms with Gasteiger partial charge < -0.3 is 24.8 Å². The smallest absolute Gasteiger partial charge is 0.236 e. The first-order valence-corrected chi connectivity index (χ1v) is 5.80. The molecule has 2 N–H and O–H groups in total. The molecular formula is C13H20N2O4. The van der Waals surface area contributed by atoms with Crippen molar-refractivity contribution in [3.05, 3.63) is 17.7 Å². The molecule has 0 saturated heterocycles. The lowest BCUT2D eigenvalue weighted by molar-refractivity contribution is -0.128. The number of rotatable bonds is 6. The van der Waals surface area contributed by atoms with Gasteiger partial charge in [-0.1, -0.05) is 0 Å². The summed E-state index contributed by atoms with van der Waals surface area (Å²) in [5.74, 6) is 1.52. The van der Waals surface area contributed by atoms with Crippen molar-refractivity contribution in [1.82, 2.24) is 4.90 Å². The lowest BCUT2D eigenvalue weighted by atomic mass is 10.1. The Bertz CT molecular complexity index is 423. The lowest BCUT2D eigenvalue weighted by Gasteiger charge is -2.19. The van der Waals surface area contributed by atoms with Gasteiger partial charge in [0.15, 0.2) is 11.5 Å². The molecule has 0 aromatic heterocycles. The highest BCUT2D eigenvalue weighted by Crippen LogP contribution is 2.38. The van der Waals surface area contributed by atoms with Gasteiger partial charge in [0.1, 0.15) is 0 Å². The highest BCUT2D eigenvalue weighted by molar-refractivity contribution is 5.77. The van der Waals surface area contributed by atoms with Gasteiger partial charge in [-0.3, -0.25) is 4.79 Å². The molecule has 0 spiro atoms. The lowest BCUT2D eigenvalue weighted by Crippen LogP contribution is -2.32. The van der Waals surface area contributed by atoms with Gasteiger partial charge in [-0.05, 0) is 17.7 Å². The van der Waals surface area contributed by atoms with Gasteiger partial charge in [0.25, 0.3) is 0 Å². The topological polar surface area (TPSA) is 74.0 Å². The molecule has 0 fully saturated rings. The van der Waals surface area contributed by atoms with E-state index in [1.807, 2.05) is 12.1 Å². The van der Waals surface area contributed by atoms with E-state index in [0.717, 1.165) is 5.56 Å². The molecule has 1 amide bonds. The number of nitrogens with zero attached hydrogens (tertiary/aromatic N) is 1. The summed E-state index contributed by atoms with van der Waals surface area (Å²) in [5.41, 5.74) is 6.20. The van der Waals surface area contributed by atoms with E-state index in [-0.39, 0.29) is 12.5 Å². The molecule has 0 aliphatic carbocycles. The zero-order chi connectivity index (χ0) is 14.4. The molecule has 19 heavy (non-hydrogen) atoms. The van der Waals surface area contributed by atoms with Crippen LogP contribution in [0.3, 0.4) is 0 Å². The van der Waals surface area contributed by atoms with Crippen LogP contribution in [-0.2, 0) is 11.3 Å². The molecule has 0 saturated carbocycles. The van der Waals surface area contributed by atoms with E-state index < -0.39 is 0 Å². The summed E-state index contributed by atoms with van der Waals surface area (Å²) in [6, 6.07) is 3.61. The van der Waals surface area contributed by atoms with Crippen LogP contribution in [0.2, 0.25) is 0 Å². The van der Waals surface area contributed by atoms with Crippen LogP contribution in [0, 0.1) is 0 Å². The second kappa shape index (κ2) is 6.84. The zero-order valence-corrected chi connectivity index (χ0v) is 11.7. The Morgan fingerprint density at radius 3 is 2.05 bits per heavy atom. The van der Waals surface area contributed by atoms with Crippen LogP contribution in [-0.4, -0.2) is 45.7 Å². The number of ether oxygens (including phenoxy) is 3. The number of hydrogen-bond donors (Lipinski definition) is 1. The quantitative estimate of drug-likeness (QED) is 0.819. The number of methoxy groups -OCH3 is 3. The standard InChI is InChI=1S/C13H20N2O4/c1-15(12(16)7-14)8-9-5-10(17-2)13(19-4)11(6-9)18-3/h5-6H,7-8,14H2,1-4H3. The fraction of sp³-hybridized carbons (Fsp3) is 0.462. The summed E-state index contributed by atoms with van der Waals surface area (Å²) < 4.78 is 15.7. The Kier molecular flexibility index (Phi) is 5.44. The minimum atomic E-state index is -0.131. The molecule has 6 nitrogen and oxygen atoms in total. The predicted octanol–water partition coefficient (Wildman–Crippen LogP) is 0.630. The van der Waals surface area contributed by atoms with Gasteiger partial charge in [-0.15, -0.1) is 0 Å². The Hall–Kier alpha value is -1.95. The van der Waals surface area contributed by atoms with Crippen molar-refractivity contribution in [3.8, 4) is 17.2 Å². The van der Waals surface area contributed by atoms with Gasteiger partial charge >= 0.3 is 0 Å². The summed E-state index contributed by atoms with van der Waals surface area (Å²) >= 11 is 0. The van der Waals surface area contributed by atoms with Crippen LogP contribution in [0.15, 0.2) is 12.1 Å². The molecular weight excluding hydrogens is 248 g/mol. The van der Waals surface area contributed by atoms with Crippen molar-refractivity contribution < 1.29 is 19.0 Å². The SMILES string of the molecule is COc1cc(CN(C)C(=O)CN)cc(OC)c1OC. The second-order valence-electron chi connectivity index (χ2n) is 3.99. The van der Waals surface area contributed by atoms with E-state index in [0.29, 0.717) is 23.8 Å². The fourth-order valence-corrected chi connectivity index (χ4v) is 1.74. The third-order valence-electron chi connectivity index (χ3n) is 2.74. The maximum Gasteiger partial charge on any atom is 0.236 e. The zero-order valence-electron chi connectivity index (χ0n) is 11.7. The van der Waals surface area contributed by atoms with E-state index in [2.05, 4.69) is 0 Å². The average Bonchev–Trinajstić information content (AvgIpc) is 2.44. The Morgan fingerprint density at radius 1 is 1.16 bits per heavy atom. The molecule has 1 aromatic carbocycles. The van der Waals surface area contributed by atoms with Crippen LogP contribution in [0.4, 0.5) is 0 Å². The fourth-order valence-electron chi connectivity index (χ4n) is 1.74. The Balaban J connectivity index is 3.06. The number of benzene rings is 1. The summed E-state index contributed by atoms with van der Waals surface area (Å²) in [7, 11) is 6.34. The number of likely N-dealkylation sites (N-methyl/N-ethyl adjacent to an activating group) is 1. The second-order valence-corrected chi connectivity index (χ2v) is 3.99. The number of nitrogens with two attached hydrogens (primary N) is 1. The van der Waals surface area contributed by atoms with Gasteiger partial charge in [0.2, 0.25) is 11.7 Å². The van der Waals surface area contributed by atoms with Gasteiger partial charge in [0.05, 0.1) is 27.9 Å². The third kappa shape index (κ3) is 3.51. The molecule has 1 rings (SSSR count). The minimum absolute atomic E-state index is 0.0130. The van der Waals surface area contributed by atoms with Gasteiger partial charge in [0, 0.05) is 13.6 Å². The molecule has 0 aliphatic rings. The first-order chi connectivity index (χ1) is 9.07. The van der Waals surface area contributed by atoms with Crippen molar-refractivity contribution in [2.45, 2.75) is 6.54 Å². The largest absolute Gasteiger partial charge is 0.493 e. The van der Waals surface area contributed by atoms with E-state index in [9.17, 15) is 4.79 Å². The monoisotopic (exact) mass is 268 g/mol. The molecule has 0 aliphatic heterocycles. The van der Waals surface area contributed by atoms with Crippen LogP contribution >= 0.6 is 0 Å². The molecule has 0 heterocycles. The molecule has 6 heteroatoms. The van der Waals surface area contributed by atoms with Crippen molar-refractivity contribution in [1.29, 1.82) is 0 Å². The highest BCUT2D eigenvalue weighted by Gasteiger charge is 2.15. The normalized spacial score (nSPS) is 9.95. The summed E-state index contributed by atoms with van der Waals surface area (Å²) in [4.78, 5) is 13.0. The van der Waals surface area contributed by atoms with E-state index in [4.69, 9.17) is 19.9 Å². The maximum absolute atomic E-state index is 11.5. The molecule has 0 atom stereocenters. The summed E-state index contributed by atoms with van der Waals surface area (Å²) in [5, 5.41) is 0. The number of hydrogen-bond acceptors (Lipinski definition) is 5. The van der Waals surface area contributed by atoms with Crippen molar-refractivity contribution in [3.63, 3.8) is 0 Å². The highest BCUT2D eigenvalue weighted by atomic mass is 16.5. The van der Waals surface area contributed by atoms with Gasteiger partial charge in [-0.2, -0.15) is 0 Å². The summed E-state index contributed by atoms with van der Waals surface area (Å²) in [6.07, 6.45) is 0. The number of amides is 1. The van der Waals surface area contributed by atoms with Crippen LogP contribution in [0.1, 0.15) is 5.56 Å². The molecule has 0 bridgehead atoms. The maximum atomic E-state index is 11.5. The minimum Gasteiger partial charge on any atom is -0.493 e.